The van der Waals surface area contributed by atoms with E-state index in [1.165, 1.54) is 24.0 Å². The maximum atomic E-state index is 10.8. The molecule has 0 aliphatic carbocycles. The molecule has 4 heterocycles. The van der Waals surface area contributed by atoms with Crippen LogP contribution in [0.4, 0.5) is 0 Å². The molecule has 2 unspecified atom stereocenters. The molecular weight excluding hydrogens is 434 g/mol. The second-order valence-corrected chi connectivity index (χ2v) is 8.39. The van der Waals surface area contributed by atoms with E-state index >= 15 is 0 Å². The molecule has 0 bridgehead atoms. The first kappa shape index (κ1) is 30.4. The van der Waals surface area contributed by atoms with Gasteiger partial charge in [-0.05, 0) is 74.4 Å². The second-order valence-electron chi connectivity index (χ2n) is 8.39. The summed E-state index contributed by atoms with van der Waals surface area (Å²) in [5.74, 6) is 0.617. The summed E-state index contributed by atoms with van der Waals surface area (Å²) in [7, 11) is 1.91. The van der Waals surface area contributed by atoms with Crippen LogP contribution in [0.15, 0.2) is 30.6 Å². The molecule has 1 aliphatic heterocycles. The van der Waals surface area contributed by atoms with E-state index in [-0.39, 0.29) is 0 Å². The van der Waals surface area contributed by atoms with Crippen molar-refractivity contribution in [2.24, 2.45) is 7.05 Å². The summed E-state index contributed by atoms with van der Waals surface area (Å²) < 4.78 is 1.79. The molecule has 6 heteroatoms. The number of fused-ring (bicyclic) bond motifs is 1. The largest absolute Gasteiger partial charge is 0.314 e. The van der Waals surface area contributed by atoms with Crippen LogP contribution in [-0.4, -0.2) is 38.6 Å². The number of piperidine rings is 1. The summed E-state index contributed by atoms with van der Waals surface area (Å²) in [6.07, 6.45) is 10.7. The zero-order valence-electron chi connectivity index (χ0n) is 23.3. The summed E-state index contributed by atoms with van der Waals surface area (Å²) in [5.41, 5.74) is 5.69. The fourth-order valence-electron chi connectivity index (χ4n) is 4.40. The van der Waals surface area contributed by atoms with E-state index in [0.29, 0.717) is 18.4 Å². The van der Waals surface area contributed by atoms with Crippen molar-refractivity contribution in [3.05, 3.63) is 53.1 Å². The maximum Gasteiger partial charge on any atom is 0.181 e. The lowest BCUT2D eigenvalue weighted by Crippen LogP contribution is -2.35. The van der Waals surface area contributed by atoms with Crippen molar-refractivity contribution in [1.82, 2.24) is 25.1 Å². The third-order valence-electron chi connectivity index (χ3n) is 5.93. The van der Waals surface area contributed by atoms with Gasteiger partial charge in [-0.2, -0.15) is 5.10 Å². The van der Waals surface area contributed by atoms with Crippen LogP contribution in [0.2, 0.25) is 0 Å². The van der Waals surface area contributed by atoms with Gasteiger partial charge in [0.1, 0.15) is 6.29 Å². The van der Waals surface area contributed by atoms with Crippen molar-refractivity contribution in [3.63, 3.8) is 0 Å². The lowest BCUT2D eigenvalue weighted by Gasteiger charge is -2.30. The standard InChI is InChI=1S/C16H24N2O.C9H11N3.2C2H6/c1-3-4-15-14(6-9-18-16(15)7-10-19)13-5-8-17-12(2)11-13;1-3-8-5-4-7-6-12(2)11-9(7)10-8;2*1-2/h6,9-10,12-13,17H,3-5,7-8,11H2,1-2H3;4-6H,3H2,1-2H3;2*1-2H3. The molecule has 1 aliphatic rings. The van der Waals surface area contributed by atoms with Crippen LogP contribution >= 0.6 is 0 Å². The molecule has 35 heavy (non-hydrogen) atoms. The third kappa shape index (κ3) is 9.17. The molecule has 1 saturated heterocycles. The van der Waals surface area contributed by atoms with Crippen LogP contribution in [0.25, 0.3) is 11.0 Å². The van der Waals surface area contributed by atoms with E-state index in [2.05, 4.69) is 53.3 Å². The van der Waals surface area contributed by atoms with Gasteiger partial charge in [0.2, 0.25) is 0 Å². The summed E-state index contributed by atoms with van der Waals surface area (Å²) >= 11 is 0. The summed E-state index contributed by atoms with van der Waals surface area (Å²) in [6, 6.07) is 6.86. The SMILES string of the molecule is CC.CC.CCCc1c(C2CCNC(C)C2)ccnc1CC=O.CCc1ccc2cn(C)nc2n1. The van der Waals surface area contributed by atoms with Crippen molar-refractivity contribution in [2.75, 3.05) is 6.54 Å². The van der Waals surface area contributed by atoms with Crippen molar-refractivity contribution in [3.8, 4) is 0 Å². The van der Waals surface area contributed by atoms with Gasteiger partial charge in [-0.15, -0.1) is 0 Å². The fourth-order valence-corrected chi connectivity index (χ4v) is 4.40. The first-order valence-electron chi connectivity index (χ1n) is 13.5. The first-order valence-corrected chi connectivity index (χ1v) is 13.5. The zero-order valence-corrected chi connectivity index (χ0v) is 23.3. The van der Waals surface area contributed by atoms with Crippen molar-refractivity contribution < 1.29 is 4.79 Å². The summed E-state index contributed by atoms with van der Waals surface area (Å²) in [4.78, 5) is 19.6. The molecule has 0 spiro atoms. The minimum absolute atomic E-state index is 0.448. The van der Waals surface area contributed by atoms with Gasteiger partial charge < -0.3 is 10.1 Å². The molecular formula is C29H47N5O. The van der Waals surface area contributed by atoms with Crippen LogP contribution in [0, 0.1) is 0 Å². The lowest BCUT2D eigenvalue weighted by molar-refractivity contribution is -0.107. The molecule has 6 nitrogen and oxygen atoms in total. The van der Waals surface area contributed by atoms with Crippen LogP contribution in [0.5, 0.6) is 0 Å². The minimum Gasteiger partial charge on any atom is -0.314 e. The number of pyridine rings is 2. The zero-order chi connectivity index (χ0) is 26.2. The average Bonchev–Trinajstić information content (AvgIpc) is 3.27. The molecule has 3 aromatic heterocycles. The average molecular weight is 482 g/mol. The Morgan fingerprint density at radius 2 is 1.89 bits per heavy atom. The first-order chi connectivity index (χ1) is 17.0. The van der Waals surface area contributed by atoms with Gasteiger partial charge in [-0.25, -0.2) is 4.98 Å². The number of nitrogens with zero attached hydrogens (tertiary/aromatic N) is 4. The molecule has 0 aromatic carbocycles. The number of carbonyl (C=O) groups is 1. The highest BCUT2D eigenvalue weighted by Crippen LogP contribution is 2.31. The molecule has 0 saturated carbocycles. The molecule has 194 valence electrons. The molecule has 0 amide bonds. The maximum absolute atomic E-state index is 10.8. The van der Waals surface area contributed by atoms with Crippen LogP contribution in [0.1, 0.15) is 96.2 Å². The Bertz CT molecular complexity index is 998. The Hall–Kier alpha value is -2.60. The quantitative estimate of drug-likeness (QED) is 0.424. The normalized spacial score (nSPS) is 16.7. The van der Waals surface area contributed by atoms with E-state index < -0.39 is 0 Å². The monoisotopic (exact) mass is 481 g/mol. The van der Waals surface area contributed by atoms with Crippen LogP contribution in [0.3, 0.4) is 0 Å². The van der Waals surface area contributed by atoms with Gasteiger partial charge in [0.15, 0.2) is 5.65 Å². The molecule has 2 atom stereocenters. The Kier molecular flexibility index (Phi) is 14.7. The van der Waals surface area contributed by atoms with E-state index in [1.54, 1.807) is 4.68 Å². The third-order valence-corrected chi connectivity index (χ3v) is 5.93. The van der Waals surface area contributed by atoms with Crippen molar-refractivity contribution >= 4 is 17.3 Å². The highest BCUT2D eigenvalue weighted by molar-refractivity contribution is 5.73. The molecule has 3 aromatic rings. The number of rotatable bonds is 6. The molecule has 1 N–H and O–H groups in total. The smallest absolute Gasteiger partial charge is 0.181 e. The van der Waals surface area contributed by atoms with Gasteiger partial charge in [0, 0.05) is 43.0 Å². The number of carbonyl (C=O) groups excluding carboxylic acids is 1. The van der Waals surface area contributed by atoms with Gasteiger partial charge in [0.25, 0.3) is 0 Å². The van der Waals surface area contributed by atoms with Gasteiger partial charge in [-0.1, -0.05) is 48.0 Å². The Morgan fingerprint density at radius 3 is 2.51 bits per heavy atom. The number of hydrogen-bond acceptors (Lipinski definition) is 5. The van der Waals surface area contributed by atoms with Gasteiger partial charge in [-0.3, -0.25) is 9.67 Å². The highest BCUT2D eigenvalue weighted by atomic mass is 16.1. The molecule has 4 rings (SSSR count). The van der Waals surface area contributed by atoms with Gasteiger partial charge >= 0.3 is 0 Å². The fraction of sp³-hybridized carbons (Fsp3) is 0.586. The lowest BCUT2D eigenvalue weighted by atomic mass is 9.83. The van der Waals surface area contributed by atoms with E-state index in [1.807, 2.05) is 53.2 Å². The van der Waals surface area contributed by atoms with Crippen molar-refractivity contribution in [1.29, 1.82) is 0 Å². The van der Waals surface area contributed by atoms with Crippen molar-refractivity contribution in [2.45, 2.75) is 99.0 Å². The second kappa shape index (κ2) is 16.9. The molecule has 1 fully saturated rings. The van der Waals surface area contributed by atoms with Gasteiger partial charge in [0.05, 0.1) is 5.69 Å². The van der Waals surface area contributed by atoms with Crippen LogP contribution < -0.4 is 5.32 Å². The Morgan fingerprint density at radius 1 is 1.14 bits per heavy atom. The highest BCUT2D eigenvalue weighted by Gasteiger charge is 2.23. The van der Waals surface area contributed by atoms with Crippen LogP contribution in [-0.2, 0) is 31.1 Å². The topological polar surface area (TPSA) is 72.7 Å². The summed E-state index contributed by atoms with van der Waals surface area (Å²) in [6.45, 7) is 15.6. The predicted octanol–water partition coefficient (Wildman–Crippen LogP) is 6.21. The number of hydrogen-bond donors (Lipinski definition) is 1. The van der Waals surface area contributed by atoms with E-state index in [9.17, 15) is 4.79 Å². The number of aldehydes is 1. The predicted molar refractivity (Wildman–Crippen MR) is 148 cm³/mol. The number of nitrogens with one attached hydrogen (secondary N) is 1. The Balaban J connectivity index is 0.000000328. The minimum atomic E-state index is 0.448. The molecule has 0 radical (unpaired) electrons. The van der Waals surface area contributed by atoms with E-state index in [4.69, 9.17) is 0 Å². The van der Waals surface area contributed by atoms with E-state index in [0.717, 1.165) is 54.5 Å². The Labute approximate surface area is 213 Å². The number of aryl methyl sites for hydroxylation is 2. The number of aromatic nitrogens is 4. The summed E-state index contributed by atoms with van der Waals surface area (Å²) in [5, 5.41) is 8.83.